The van der Waals surface area contributed by atoms with Crippen LogP contribution < -0.4 is 10.5 Å². The zero-order valence-corrected chi connectivity index (χ0v) is 11.5. The highest BCUT2D eigenvalue weighted by molar-refractivity contribution is 5.90. The van der Waals surface area contributed by atoms with E-state index in [0.717, 1.165) is 5.82 Å². The number of methoxy groups -OCH3 is 1. The average Bonchev–Trinajstić information content (AvgIpc) is 2.85. The molecular weight excluding hydrogens is 258 g/mol. The molecule has 0 bridgehead atoms. The van der Waals surface area contributed by atoms with Gasteiger partial charge in [-0.1, -0.05) is 0 Å². The molecule has 0 radical (unpaired) electrons. The molecule has 0 atom stereocenters. The van der Waals surface area contributed by atoms with Gasteiger partial charge in [-0.15, -0.1) is 0 Å². The molecule has 0 amide bonds. The Morgan fingerprint density at radius 2 is 2.25 bits per heavy atom. The molecule has 0 unspecified atom stereocenters. The van der Waals surface area contributed by atoms with Gasteiger partial charge in [-0.25, -0.2) is 9.78 Å². The lowest BCUT2D eigenvalue weighted by Gasteiger charge is -2.10. The lowest BCUT2D eigenvalue weighted by atomic mass is 10.2. The normalized spacial score (nSPS) is 10.3. The molecule has 106 valence electrons. The number of hydrogen-bond donors (Lipinski definition) is 1. The van der Waals surface area contributed by atoms with Gasteiger partial charge in [0.05, 0.1) is 25.0 Å². The quantitative estimate of drug-likeness (QED) is 0.659. The minimum Gasteiger partial charge on any atom is -0.491 e. The number of esters is 1. The molecule has 6 heteroatoms. The fourth-order valence-corrected chi connectivity index (χ4v) is 1.79. The summed E-state index contributed by atoms with van der Waals surface area (Å²) < 4.78 is 12.2. The molecule has 1 heterocycles. The van der Waals surface area contributed by atoms with Crippen molar-refractivity contribution in [2.45, 2.75) is 6.42 Å². The SMILES string of the molecule is COC(=O)c1ccc(N)c(OCCc2nccn2C)c1. The summed E-state index contributed by atoms with van der Waals surface area (Å²) in [4.78, 5) is 15.7. The first-order chi connectivity index (χ1) is 9.61. The molecule has 2 rings (SSSR count). The predicted octanol–water partition coefficient (Wildman–Crippen LogP) is 1.41. The Morgan fingerprint density at radius 1 is 1.45 bits per heavy atom. The van der Waals surface area contributed by atoms with Crippen LogP contribution in [0.2, 0.25) is 0 Å². The molecule has 6 nitrogen and oxygen atoms in total. The van der Waals surface area contributed by atoms with Gasteiger partial charge in [-0.05, 0) is 18.2 Å². The van der Waals surface area contributed by atoms with Crippen molar-refractivity contribution in [2.75, 3.05) is 19.5 Å². The summed E-state index contributed by atoms with van der Waals surface area (Å²) in [5.41, 5.74) is 6.72. The minimum absolute atomic E-state index is 0.411. The fourth-order valence-electron chi connectivity index (χ4n) is 1.79. The number of nitrogen functional groups attached to an aromatic ring is 1. The van der Waals surface area contributed by atoms with Gasteiger partial charge >= 0.3 is 5.97 Å². The molecule has 0 aliphatic carbocycles. The molecule has 20 heavy (non-hydrogen) atoms. The van der Waals surface area contributed by atoms with Crippen molar-refractivity contribution in [3.05, 3.63) is 42.0 Å². The lowest BCUT2D eigenvalue weighted by molar-refractivity contribution is 0.0600. The highest BCUT2D eigenvalue weighted by Gasteiger charge is 2.09. The van der Waals surface area contributed by atoms with Crippen LogP contribution in [0.25, 0.3) is 0 Å². The third-order valence-electron chi connectivity index (χ3n) is 2.94. The van der Waals surface area contributed by atoms with Crippen molar-refractivity contribution >= 4 is 11.7 Å². The first-order valence-electron chi connectivity index (χ1n) is 6.18. The van der Waals surface area contributed by atoms with Crippen LogP contribution in [0.4, 0.5) is 5.69 Å². The highest BCUT2D eigenvalue weighted by Crippen LogP contribution is 2.23. The molecular formula is C14H17N3O3. The number of carbonyl (C=O) groups excluding carboxylic acids is 1. The van der Waals surface area contributed by atoms with E-state index in [9.17, 15) is 4.79 Å². The summed E-state index contributed by atoms with van der Waals surface area (Å²) in [6.07, 6.45) is 4.27. The van der Waals surface area contributed by atoms with Crippen molar-refractivity contribution in [1.82, 2.24) is 9.55 Å². The van der Waals surface area contributed by atoms with E-state index in [4.69, 9.17) is 10.5 Å². The summed E-state index contributed by atoms with van der Waals surface area (Å²) in [5, 5.41) is 0. The second-order valence-electron chi connectivity index (χ2n) is 4.30. The number of aromatic nitrogens is 2. The smallest absolute Gasteiger partial charge is 0.337 e. The number of imidazole rings is 1. The molecule has 0 aliphatic rings. The average molecular weight is 275 g/mol. The first-order valence-corrected chi connectivity index (χ1v) is 6.18. The maximum Gasteiger partial charge on any atom is 0.337 e. The van der Waals surface area contributed by atoms with Crippen LogP contribution in [0.3, 0.4) is 0 Å². The zero-order chi connectivity index (χ0) is 14.5. The fraction of sp³-hybridized carbons (Fsp3) is 0.286. The number of hydrogen-bond acceptors (Lipinski definition) is 5. The summed E-state index contributed by atoms with van der Waals surface area (Å²) >= 11 is 0. The zero-order valence-electron chi connectivity index (χ0n) is 11.5. The summed E-state index contributed by atoms with van der Waals surface area (Å²) in [5.74, 6) is 0.980. The monoisotopic (exact) mass is 275 g/mol. The molecule has 1 aromatic carbocycles. The van der Waals surface area contributed by atoms with E-state index in [0.29, 0.717) is 30.0 Å². The molecule has 1 aromatic heterocycles. The van der Waals surface area contributed by atoms with Crippen LogP contribution in [-0.2, 0) is 18.2 Å². The van der Waals surface area contributed by atoms with Gasteiger partial charge in [0.1, 0.15) is 11.6 Å². The Hall–Kier alpha value is -2.50. The standard InChI is InChI=1S/C14H17N3O3/c1-17-7-6-16-13(17)5-8-20-12-9-10(14(18)19-2)3-4-11(12)15/h3-4,6-7,9H,5,8,15H2,1-2H3. The number of anilines is 1. The molecule has 2 N–H and O–H groups in total. The molecule has 0 saturated heterocycles. The Balaban J connectivity index is 2.02. The molecule has 0 spiro atoms. The van der Waals surface area contributed by atoms with Crippen molar-refractivity contribution in [2.24, 2.45) is 7.05 Å². The molecule has 0 aliphatic heterocycles. The van der Waals surface area contributed by atoms with E-state index in [-0.39, 0.29) is 0 Å². The van der Waals surface area contributed by atoms with E-state index in [2.05, 4.69) is 9.72 Å². The van der Waals surface area contributed by atoms with Crippen molar-refractivity contribution in [3.63, 3.8) is 0 Å². The summed E-state index contributed by atoms with van der Waals surface area (Å²) in [6, 6.07) is 4.81. The third-order valence-corrected chi connectivity index (χ3v) is 2.94. The van der Waals surface area contributed by atoms with Crippen LogP contribution in [0.15, 0.2) is 30.6 Å². The first kappa shape index (κ1) is 13.9. The van der Waals surface area contributed by atoms with Crippen LogP contribution >= 0.6 is 0 Å². The van der Waals surface area contributed by atoms with E-state index in [1.165, 1.54) is 7.11 Å². The minimum atomic E-state index is -0.418. The number of benzene rings is 1. The summed E-state index contributed by atoms with van der Waals surface area (Å²) in [7, 11) is 3.26. The highest BCUT2D eigenvalue weighted by atomic mass is 16.5. The topological polar surface area (TPSA) is 79.4 Å². The Kier molecular flexibility index (Phi) is 4.24. The summed E-state index contributed by atoms with van der Waals surface area (Å²) in [6.45, 7) is 0.430. The maximum atomic E-state index is 11.5. The molecule has 0 saturated carbocycles. The maximum absolute atomic E-state index is 11.5. The Morgan fingerprint density at radius 3 is 2.90 bits per heavy atom. The second kappa shape index (κ2) is 6.10. The van der Waals surface area contributed by atoms with Crippen molar-refractivity contribution < 1.29 is 14.3 Å². The van der Waals surface area contributed by atoms with Gasteiger partial charge in [-0.2, -0.15) is 0 Å². The Labute approximate surface area is 117 Å². The Bertz CT molecular complexity index is 607. The van der Waals surface area contributed by atoms with Crippen LogP contribution in [0.5, 0.6) is 5.75 Å². The number of nitrogens with two attached hydrogens (primary N) is 1. The number of nitrogens with zero attached hydrogens (tertiary/aromatic N) is 2. The van der Waals surface area contributed by atoms with Crippen molar-refractivity contribution in [3.8, 4) is 5.75 Å². The van der Waals surface area contributed by atoms with Crippen LogP contribution in [0.1, 0.15) is 16.2 Å². The number of aryl methyl sites for hydroxylation is 1. The predicted molar refractivity (Wildman–Crippen MR) is 74.6 cm³/mol. The van der Waals surface area contributed by atoms with Gasteiger partial charge in [0.25, 0.3) is 0 Å². The second-order valence-corrected chi connectivity index (χ2v) is 4.30. The van der Waals surface area contributed by atoms with E-state index < -0.39 is 5.97 Å². The van der Waals surface area contributed by atoms with Gasteiger partial charge in [0.15, 0.2) is 0 Å². The van der Waals surface area contributed by atoms with Gasteiger partial charge < -0.3 is 19.8 Å². The van der Waals surface area contributed by atoms with E-state index in [1.807, 2.05) is 17.8 Å². The van der Waals surface area contributed by atoms with Crippen molar-refractivity contribution in [1.29, 1.82) is 0 Å². The van der Waals surface area contributed by atoms with E-state index in [1.54, 1.807) is 24.4 Å². The molecule has 2 aromatic rings. The third kappa shape index (κ3) is 3.09. The molecule has 0 fully saturated rings. The van der Waals surface area contributed by atoms with Gasteiger partial charge in [-0.3, -0.25) is 0 Å². The number of rotatable bonds is 5. The van der Waals surface area contributed by atoms with Crippen LogP contribution in [-0.4, -0.2) is 29.2 Å². The van der Waals surface area contributed by atoms with E-state index >= 15 is 0 Å². The lowest BCUT2D eigenvalue weighted by Crippen LogP contribution is -2.08. The van der Waals surface area contributed by atoms with Gasteiger partial charge in [0.2, 0.25) is 0 Å². The number of carbonyl (C=O) groups is 1. The van der Waals surface area contributed by atoms with Crippen LogP contribution in [0, 0.1) is 0 Å². The number of ether oxygens (including phenoxy) is 2. The van der Waals surface area contributed by atoms with Gasteiger partial charge in [0, 0.05) is 25.9 Å². The largest absolute Gasteiger partial charge is 0.491 e.